The van der Waals surface area contributed by atoms with Crippen molar-refractivity contribution >= 4 is 0 Å². The fourth-order valence-electron chi connectivity index (χ4n) is 2.76. The highest BCUT2D eigenvalue weighted by molar-refractivity contribution is 4.78. The van der Waals surface area contributed by atoms with Crippen LogP contribution in [0.4, 0.5) is 0 Å². The molecule has 0 bridgehead atoms. The molecule has 2 unspecified atom stereocenters. The Morgan fingerprint density at radius 3 is 3.00 bits per heavy atom. The molecule has 2 aliphatic heterocycles. The van der Waals surface area contributed by atoms with Crippen LogP contribution in [-0.2, 0) is 4.74 Å². The summed E-state index contributed by atoms with van der Waals surface area (Å²) in [4.78, 5) is 2.54. The molecule has 0 aromatic rings. The number of likely N-dealkylation sites (tertiary alicyclic amines) is 1. The summed E-state index contributed by atoms with van der Waals surface area (Å²) >= 11 is 0. The molecule has 88 valence electrons. The first-order valence-corrected chi connectivity index (χ1v) is 6.37. The van der Waals surface area contributed by atoms with Gasteiger partial charge in [-0.3, -0.25) is 0 Å². The fourth-order valence-corrected chi connectivity index (χ4v) is 2.76. The molecule has 2 fully saturated rings. The van der Waals surface area contributed by atoms with E-state index in [1.807, 2.05) is 7.11 Å². The number of nitrogens with one attached hydrogen (secondary N) is 1. The van der Waals surface area contributed by atoms with Crippen molar-refractivity contribution in [2.24, 2.45) is 0 Å². The molecule has 0 amide bonds. The van der Waals surface area contributed by atoms with Gasteiger partial charge in [0.05, 0.1) is 6.10 Å². The molecule has 2 saturated heterocycles. The average molecular weight is 212 g/mol. The van der Waals surface area contributed by atoms with Crippen molar-refractivity contribution in [1.82, 2.24) is 10.2 Å². The minimum absolute atomic E-state index is 0.495. The Morgan fingerprint density at radius 1 is 1.40 bits per heavy atom. The summed E-state index contributed by atoms with van der Waals surface area (Å²) < 4.78 is 5.37. The van der Waals surface area contributed by atoms with Crippen LogP contribution in [0, 0.1) is 0 Å². The maximum atomic E-state index is 5.37. The van der Waals surface area contributed by atoms with Crippen LogP contribution in [0.2, 0.25) is 0 Å². The Balaban J connectivity index is 1.54. The van der Waals surface area contributed by atoms with Crippen LogP contribution in [0.1, 0.15) is 32.1 Å². The summed E-state index contributed by atoms with van der Waals surface area (Å²) in [5, 5.41) is 3.56. The summed E-state index contributed by atoms with van der Waals surface area (Å²) in [6.07, 6.45) is 7.18. The van der Waals surface area contributed by atoms with E-state index in [0.29, 0.717) is 6.10 Å². The molecule has 1 N–H and O–H groups in total. The number of rotatable bonds is 5. The highest BCUT2D eigenvalue weighted by Crippen LogP contribution is 2.15. The molecule has 2 rings (SSSR count). The van der Waals surface area contributed by atoms with Gasteiger partial charge in [-0.1, -0.05) is 0 Å². The number of hydrogen-bond donors (Lipinski definition) is 1. The van der Waals surface area contributed by atoms with E-state index in [2.05, 4.69) is 10.2 Å². The van der Waals surface area contributed by atoms with Gasteiger partial charge in [0.1, 0.15) is 0 Å². The van der Waals surface area contributed by atoms with Crippen LogP contribution >= 0.6 is 0 Å². The Morgan fingerprint density at radius 2 is 2.33 bits per heavy atom. The molecular weight excluding hydrogens is 188 g/mol. The van der Waals surface area contributed by atoms with Gasteiger partial charge in [-0.15, -0.1) is 0 Å². The predicted octanol–water partition coefficient (Wildman–Crippen LogP) is 1.24. The molecule has 2 aliphatic rings. The molecule has 2 heterocycles. The maximum Gasteiger partial charge on any atom is 0.0710 e. The van der Waals surface area contributed by atoms with Crippen molar-refractivity contribution in [1.29, 1.82) is 0 Å². The SMILES string of the molecule is COC1CCN(CCCC2CCCN2)C1. The molecule has 2 atom stereocenters. The average Bonchev–Trinajstić information content (AvgIpc) is 2.88. The highest BCUT2D eigenvalue weighted by Gasteiger charge is 2.21. The molecule has 0 radical (unpaired) electrons. The summed E-state index contributed by atoms with van der Waals surface area (Å²) in [5.41, 5.74) is 0. The molecular formula is C12H24N2O. The van der Waals surface area contributed by atoms with Crippen molar-refractivity contribution in [2.45, 2.75) is 44.2 Å². The number of nitrogens with zero attached hydrogens (tertiary/aromatic N) is 1. The second-order valence-corrected chi connectivity index (χ2v) is 4.88. The van der Waals surface area contributed by atoms with Gasteiger partial charge in [0, 0.05) is 26.2 Å². The van der Waals surface area contributed by atoms with Crippen LogP contribution < -0.4 is 5.32 Å². The second-order valence-electron chi connectivity index (χ2n) is 4.88. The van der Waals surface area contributed by atoms with Gasteiger partial charge >= 0.3 is 0 Å². The molecule has 0 saturated carbocycles. The summed E-state index contributed by atoms with van der Waals surface area (Å²) in [7, 11) is 1.83. The van der Waals surface area contributed by atoms with Gasteiger partial charge < -0.3 is 15.0 Å². The molecule has 0 spiro atoms. The number of ether oxygens (including phenoxy) is 1. The zero-order valence-electron chi connectivity index (χ0n) is 9.87. The van der Waals surface area contributed by atoms with Gasteiger partial charge in [-0.2, -0.15) is 0 Å². The van der Waals surface area contributed by atoms with Gasteiger partial charge in [0.25, 0.3) is 0 Å². The van der Waals surface area contributed by atoms with Crippen molar-refractivity contribution in [2.75, 3.05) is 33.3 Å². The van der Waals surface area contributed by atoms with Gasteiger partial charge in [-0.25, -0.2) is 0 Å². The van der Waals surface area contributed by atoms with Crippen LogP contribution in [0.15, 0.2) is 0 Å². The van der Waals surface area contributed by atoms with E-state index in [9.17, 15) is 0 Å². The van der Waals surface area contributed by atoms with Crippen molar-refractivity contribution in [3.63, 3.8) is 0 Å². The van der Waals surface area contributed by atoms with Crippen LogP contribution in [0.25, 0.3) is 0 Å². The Kier molecular flexibility index (Phi) is 4.42. The van der Waals surface area contributed by atoms with E-state index in [1.165, 1.54) is 51.7 Å². The third-order valence-corrected chi connectivity index (χ3v) is 3.75. The smallest absolute Gasteiger partial charge is 0.0710 e. The summed E-state index contributed by atoms with van der Waals surface area (Å²) in [5.74, 6) is 0. The minimum atomic E-state index is 0.495. The second kappa shape index (κ2) is 5.83. The molecule has 3 heteroatoms. The van der Waals surface area contributed by atoms with Crippen molar-refractivity contribution < 1.29 is 4.74 Å². The molecule has 0 aliphatic carbocycles. The first-order valence-electron chi connectivity index (χ1n) is 6.37. The zero-order chi connectivity index (χ0) is 10.5. The van der Waals surface area contributed by atoms with Crippen LogP contribution in [0.3, 0.4) is 0 Å². The fraction of sp³-hybridized carbons (Fsp3) is 1.00. The lowest BCUT2D eigenvalue weighted by atomic mass is 10.1. The number of hydrogen-bond acceptors (Lipinski definition) is 3. The molecule has 15 heavy (non-hydrogen) atoms. The van der Waals surface area contributed by atoms with Gasteiger partial charge in [0.2, 0.25) is 0 Å². The van der Waals surface area contributed by atoms with E-state index in [-0.39, 0.29) is 0 Å². The number of methoxy groups -OCH3 is 1. The van der Waals surface area contributed by atoms with E-state index in [1.54, 1.807) is 0 Å². The lowest BCUT2D eigenvalue weighted by Crippen LogP contribution is -2.26. The molecule has 0 aromatic heterocycles. The Bertz CT molecular complexity index is 180. The van der Waals surface area contributed by atoms with Gasteiger partial charge in [-0.05, 0) is 45.2 Å². The molecule has 0 aromatic carbocycles. The molecule has 3 nitrogen and oxygen atoms in total. The first kappa shape index (κ1) is 11.4. The Hall–Kier alpha value is -0.120. The zero-order valence-corrected chi connectivity index (χ0v) is 9.87. The maximum absolute atomic E-state index is 5.37. The third kappa shape index (κ3) is 3.44. The largest absolute Gasteiger partial charge is 0.380 e. The lowest BCUT2D eigenvalue weighted by molar-refractivity contribution is 0.108. The standard InChI is InChI=1S/C12H24N2O/c1-15-12-6-9-14(10-12)8-3-5-11-4-2-7-13-11/h11-13H,2-10H2,1H3. The van der Waals surface area contributed by atoms with Crippen molar-refractivity contribution in [3.8, 4) is 0 Å². The van der Waals surface area contributed by atoms with Crippen LogP contribution in [-0.4, -0.2) is 50.3 Å². The summed E-state index contributed by atoms with van der Waals surface area (Å²) in [6.45, 7) is 4.88. The van der Waals surface area contributed by atoms with E-state index in [0.717, 1.165) is 12.6 Å². The first-order chi connectivity index (χ1) is 7.38. The van der Waals surface area contributed by atoms with Gasteiger partial charge in [0.15, 0.2) is 0 Å². The lowest BCUT2D eigenvalue weighted by Gasteiger charge is -2.17. The summed E-state index contributed by atoms with van der Waals surface area (Å²) in [6, 6.07) is 0.811. The van der Waals surface area contributed by atoms with E-state index in [4.69, 9.17) is 4.74 Å². The highest BCUT2D eigenvalue weighted by atomic mass is 16.5. The van der Waals surface area contributed by atoms with Crippen molar-refractivity contribution in [3.05, 3.63) is 0 Å². The predicted molar refractivity (Wildman–Crippen MR) is 62.1 cm³/mol. The Labute approximate surface area is 93.2 Å². The van der Waals surface area contributed by atoms with E-state index < -0.39 is 0 Å². The van der Waals surface area contributed by atoms with E-state index >= 15 is 0 Å². The monoisotopic (exact) mass is 212 g/mol. The quantitative estimate of drug-likeness (QED) is 0.742. The normalized spacial score (nSPS) is 32.6. The topological polar surface area (TPSA) is 24.5 Å². The van der Waals surface area contributed by atoms with Crippen LogP contribution in [0.5, 0.6) is 0 Å². The minimum Gasteiger partial charge on any atom is -0.380 e. The third-order valence-electron chi connectivity index (χ3n) is 3.75.